The molecule has 1 aromatic rings. The summed E-state index contributed by atoms with van der Waals surface area (Å²) < 4.78 is 35.4. The molecule has 9 heteroatoms. The molecule has 0 aromatic heterocycles. The van der Waals surface area contributed by atoms with Gasteiger partial charge in [-0.2, -0.15) is 0 Å². The number of hydrogen-bond donors (Lipinski definition) is 1. The van der Waals surface area contributed by atoms with Crippen molar-refractivity contribution in [1.82, 2.24) is 9.62 Å². The van der Waals surface area contributed by atoms with Crippen LogP contribution in [0.2, 0.25) is 0 Å². The fourth-order valence-corrected chi connectivity index (χ4v) is 2.82. The molecule has 25 heavy (non-hydrogen) atoms. The number of nitrogens with one attached hydrogen (secondary N) is 1. The second-order valence-electron chi connectivity index (χ2n) is 5.60. The van der Waals surface area contributed by atoms with E-state index < -0.39 is 28.0 Å². The summed E-state index contributed by atoms with van der Waals surface area (Å²) in [5.74, 6) is -1.22. The van der Waals surface area contributed by atoms with E-state index in [0.29, 0.717) is 18.7 Å². The number of benzene rings is 1. The normalized spacial score (nSPS) is 12.7. The van der Waals surface area contributed by atoms with Gasteiger partial charge in [0.1, 0.15) is 0 Å². The second kappa shape index (κ2) is 8.93. The molecule has 0 aliphatic rings. The minimum atomic E-state index is -3.68. The van der Waals surface area contributed by atoms with Gasteiger partial charge in [-0.15, -0.1) is 0 Å². The van der Waals surface area contributed by atoms with E-state index in [1.54, 1.807) is 6.92 Å². The van der Waals surface area contributed by atoms with Gasteiger partial charge in [0.2, 0.25) is 10.0 Å². The van der Waals surface area contributed by atoms with Gasteiger partial charge in [-0.25, -0.2) is 17.5 Å². The number of methoxy groups -OCH3 is 1. The Morgan fingerprint density at radius 1 is 1.28 bits per heavy atom. The molecule has 0 saturated carbocycles. The van der Waals surface area contributed by atoms with E-state index in [1.165, 1.54) is 46.3 Å². The Morgan fingerprint density at radius 2 is 1.92 bits per heavy atom. The fourth-order valence-electron chi connectivity index (χ4n) is 1.89. The summed E-state index contributed by atoms with van der Waals surface area (Å²) in [4.78, 5) is 24.1. The molecule has 1 amide bonds. The smallest absolute Gasteiger partial charge is 0.339 e. The van der Waals surface area contributed by atoms with E-state index in [0.717, 1.165) is 4.31 Å². The lowest BCUT2D eigenvalue weighted by Crippen LogP contribution is -2.37. The SMILES string of the molecule is COCCNC(=O)[C@@H](C)OC(=O)c1cc(S(=O)(=O)N(C)C)ccc1C. The van der Waals surface area contributed by atoms with Crippen LogP contribution in [0.3, 0.4) is 0 Å². The van der Waals surface area contributed by atoms with E-state index >= 15 is 0 Å². The number of esters is 1. The molecule has 1 N–H and O–H groups in total. The quantitative estimate of drug-likeness (QED) is 0.528. The second-order valence-corrected chi connectivity index (χ2v) is 7.75. The molecule has 1 atom stereocenters. The predicted molar refractivity (Wildman–Crippen MR) is 91.8 cm³/mol. The molecule has 0 aliphatic heterocycles. The van der Waals surface area contributed by atoms with Crippen molar-refractivity contribution in [3.8, 4) is 0 Å². The van der Waals surface area contributed by atoms with Gasteiger partial charge in [0.15, 0.2) is 6.10 Å². The summed E-state index contributed by atoms with van der Waals surface area (Å²) in [6.45, 7) is 3.74. The summed E-state index contributed by atoms with van der Waals surface area (Å²) in [5, 5.41) is 2.56. The molecule has 0 saturated heterocycles. The molecule has 0 fully saturated rings. The zero-order valence-electron chi connectivity index (χ0n) is 15.0. The molecule has 0 radical (unpaired) electrons. The van der Waals surface area contributed by atoms with Gasteiger partial charge in [0.25, 0.3) is 5.91 Å². The third-order valence-corrected chi connectivity index (χ3v) is 5.28. The van der Waals surface area contributed by atoms with Crippen LogP contribution < -0.4 is 5.32 Å². The molecule has 8 nitrogen and oxygen atoms in total. The highest BCUT2D eigenvalue weighted by atomic mass is 32.2. The first-order chi connectivity index (χ1) is 11.6. The third-order valence-electron chi connectivity index (χ3n) is 3.47. The lowest BCUT2D eigenvalue weighted by molar-refractivity contribution is -0.129. The van der Waals surface area contributed by atoms with Crippen LogP contribution in [0.15, 0.2) is 23.1 Å². The minimum absolute atomic E-state index is 0.0211. The molecule has 0 unspecified atom stereocenters. The zero-order chi connectivity index (χ0) is 19.2. The van der Waals surface area contributed by atoms with Crippen molar-refractivity contribution in [3.05, 3.63) is 29.3 Å². The molecular formula is C16H24N2O6S. The maximum absolute atomic E-state index is 12.3. The van der Waals surface area contributed by atoms with E-state index in [1.807, 2.05) is 0 Å². The van der Waals surface area contributed by atoms with E-state index in [2.05, 4.69) is 5.32 Å². The Balaban J connectivity index is 2.93. The molecule has 0 bridgehead atoms. The van der Waals surface area contributed by atoms with Crippen LogP contribution in [-0.4, -0.2) is 65.1 Å². The van der Waals surface area contributed by atoms with Crippen LogP contribution in [0.1, 0.15) is 22.8 Å². The largest absolute Gasteiger partial charge is 0.449 e. The molecule has 0 heterocycles. The summed E-state index contributed by atoms with van der Waals surface area (Å²) in [7, 11) is 0.635. The summed E-state index contributed by atoms with van der Waals surface area (Å²) in [6, 6.07) is 4.20. The Kier molecular flexibility index (Phi) is 7.53. The highest BCUT2D eigenvalue weighted by Crippen LogP contribution is 2.19. The topological polar surface area (TPSA) is 102 Å². The average molecular weight is 372 g/mol. The Hall–Kier alpha value is -1.97. The molecule has 0 spiro atoms. The molecule has 140 valence electrons. The Morgan fingerprint density at radius 3 is 2.48 bits per heavy atom. The Labute approximate surface area is 148 Å². The molecule has 1 aromatic carbocycles. The van der Waals surface area contributed by atoms with E-state index in [9.17, 15) is 18.0 Å². The van der Waals surface area contributed by atoms with E-state index in [4.69, 9.17) is 9.47 Å². The number of aryl methyl sites for hydroxylation is 1. The van der Waals surface area contributed by atoms with Crippen LogP contribution in [-0.2, 0) is 24.3 Å². The van der Waals surface area contributed by atoms with Gasteiger partial charge in [0, 0.05) is 27.7 Å². The van der Waals surface area contributed by atoms with Gasteiger partial charge in [-0.3, -0.25) is 4.79 Å². The molecule has 1 rings (SSSR count). The van der Waals surface area contributed by atoms with Crippen LogP contribution >= 0.6 is 0 Å². The summed E-state index contributed by atoms with van der Waals surface area (Å²) in [5.41, 5.74) is 0.647. The van der Waals surface area contributed by atoms with Gasteiger partial charge >= 0.3 is 5.97 Å². The van der Waals surface area contributed by atoms with Gasteiger partial charge < -0.3 is 14.8 Å². The van der Waals surface area contributed by atoms with Crippen molar-refractivity contribution >= 4 is 21.9 Å². The van der Waals surface area contributed by atoms with Gasteiger partial charge in [0.05, 0.1) is 17.1 Å². The van der Waals surface area contributed by atoms with Crippen LogP contribution in [0.25, 0.3) is 0 Å². The first kappa shape index (κ1) is 21.1. The van der Waals surface area contributed by atoms with Gasteiger partial charge in [-0.1, -0.05) is 6.07 Å². The van der Waals surface area contributed by atoms with Crippen molar-refractivity contribution in [2.45, 2.75) is 24.8 Å². The van der Waals surface area contributed by atoms with Crippen LogP contribution in [0.5, 0.6) is 0 Å². The lowest BCUT2D eigenvalue weighted by atomic mass is 10.1. The standard InChI is InChI=1S/C16H24N2O6S/c1-11-6-7-13(25(21,22)18(3)4)10-14(11)16(20)24-12(2)15(19)17-8-9-23-5/h6-7,10,12H,8-9H2,1-5H3,(H,17,19)/t12-/m1/s1. The number of sulfonamides is 1. The minimum Gasteiger partial charge on any atom is -0.449 e. The predicted octanol–water partition coefficient (Wildman–Crippen LogP) is 0.553. The van der Waals surface area contributed by atoms with Crippen molar-refractivity contribution in [1.29, 1.82) is 0 Å². The van der Waals surface area contributed by atoms with Crippen molar-refractivity contribution in [2.24, 2.45) is 0 Å². The lowest BCUT2D eigenvalue weighted by Gasteiger charge is -2.16. The van der Waals surface area contributed by atoms with Gasteiger partial charge in [-0.05, 0) is 31.5 Å². The van der Waals surface area contributed by atoms with Crippen molar-refractivity contribution in [3.63, 3.8) is 0 Å². The molecular weight excluding hydrogens is 348 g/mol. The number of nitrogens with zero attached hydrogens (tertiary/aromatic N) is 1. The van der Waals surface area contributed by atoms with Crippen LogP contribution in [0, 0.1) is 6.92 Å². The number of ether oxygens (including phenoxy) is 2. The third kappa shape index (κ3) is 5.52. The van der Waals surface area contributed by atoms with Crippen molar-refractivity contribution in [2.75, 3.05) is 34.4 Å². The molecule has 0 aliphatic carbocycles. The number of carbonyl (C=O) groups is 2. The number of rotatable bonds is 8. The summed E-state index contributed by atoms with van der Waals surface area (Å²) in [6.07, 6.45) is -1.02. The highest BCUT2D eigenvalue weighted by molar-refractivity contribution is 7.89. The average Bonchev–Trinajstić information content (AvgIpc) is 2.54. The first-order valence-corrected chi connectivity index (χ1v) is 9.06. The fraction of sp³-hybridized carbons (Fsp3) is 0.500. The van der Waals surface area contributed by atoms with E-state index in [-0.39, 0.29) is 10.5 Å². The maximum atomic E-state index is 12.3. The van der Waals surface area contributed by atoms with Crippen LogP contribution in [0.4, 0.5) is 0 Å². The number of amides is 1. The summed E-state index contributed by atoms with van der Waals surface area (Å²) >= 11 is 0. The number of hydrogen-bond acceptors (Lipinski definition) is 6. The first-order valence-electron chi connectivity index (χ1n) is 7.62. The monoisotopic (exact) mass is 372 g/mol. The zero-order valence-corrected chi connectivity index (χ0v) is 15.8. The maximum Gasteiger partial charge on any atom is 0.339 e. The van der Waals surface area contributed by atoms with Crippen molar-refractivity contribution < 1.29 is 27.5 Å². The number of carbonyl (C=O) groups excluding carboxylic acids is 2. The Bertz CT molecular complexity index is 730. The highest BCUT2D eigenvalue weighted by Gasteiger charge is 2.23.